The largest absolute Gasteiger partial charge is 0.352 e. The first-order chi connectivity index (χ1) is 10.1. The minimum Gasteiger partial charge on any atom is -0.352 e. The van der Waals surface area contributed by atoms with Gasteiger partial charge in [0.2, 0.25) is 0 Å². The molecule has 1 atom stereocenters. The fourth-order valence-corrected chi connectivity index (χ4v) is 2.65. The molecular formula is C15H23ClN4O2. The fraction of sp³-hybridized carbons (Fsp3) is 0.467. The normalized spacial score (nSPS) is 17.5. The van der Waals surface area contributed by atoms with Crippen LogP contribution < -0.4 is 16.8 Å². The van der Waals surface area contributed by atoms with Crippen LogP contribution >= 0.6 is 12.4 Å². The number of hydrogen-bond donors (Lipinski definition) is 3. The van der Waals surface area contributed by atoms with Crippen molar-refractivity contribution in [3.05, 3.63) is 35.4 Å². The van der Waals surface area contributed by atoms with Crippen molar-refractivity contribution < 1.29 is 9.59 Å². The predicted molar refractivity (Wildman–Crippen MR) is 87.8 cm³/mol. The fourth-order valence-electron chi connectivity index (χ4n) is 2.65. The number of piperidine rings is 1. The quantitative estimate of drug-likeness (QED) is 0.775. The lowest BCUT2D eigenvalue weighted by atomic mass is 10.0. The second kappa shape index (κ2) is 8.60. The number of hydrogen-bond acceptors (Lipinski definition) is 3. The van der Waals surface area contributed by atoms with Gasteiger partial charge in [-0.2, -0.15) is 0 Å². The highest BCUT2D eigenvalue weighted by Gasteiger charge is 2.27. The molecule has 0 aromatic heterocycles. The molecule has 0 radical (unpaired) electrons. The molecule has 1 aliphatic heterocycles. The van der Waals surface area contributed by atoms with Crippen LogP contribution in [0.1, 0.15) is 35.2 Å². The molecule has 0 bridgehead atoms. The number of primary amides is 1. The molecule has 7 heteroatoms. The van der Waals surface area contributed by atoms with Gasteiger partial charge < -0.3 is 21.7 Å². The summed E-state index contributed by atoms with van der Waals surface area (Å²) in [5.74, 6) is -0.00505. The number of urea groups is 1. The van der Waals surface area contributed by atoms with Gasteiger partial charge in [-0.1, -0.05) is 12.1 Å². The summed E-state index contributed by atoms with van der Waals surface area (Å²) < 4.78 is 0. The topological polar surface area (TPSA) is 101 Å². The Bertz CT molecular complexity index is 507. The highest BCUT2D eigenvalue weighted by molar-refractivity contribution is 5.94. The third-order valence-electron chi connectivity index (χ3n) is 3.84. The van der Waals surface area contributed by atoms with E-state index in [0.29, 0.717) is 25.2 Å². The number of halogens is 1. The smallest absolute Gasteiger partial charge is 0.312 e. The van der Waals surface area contributed by atoms with Crippen LogP contribution in [0.2, 0.25) is 0 Å². The van der Waals surface area contributed by atoms with E-state index >= 15 is 0 Å². The average molecular weight is 327 g/mol. The lowest BCUT2D eigenvalue weighted by Gasteiger charge is -2.35. The number of nitrogens with zero attached hydrogens (tertiary/aromatic N) is 1. The minimum absolute atomic E-state index is 0. The molecule has 0 aliphatic carbocycles. The van der Waals surface area contributed by atoms with E-state index < -0.39 is 6.03 Å². The Morgan fingerprint density at radius 2 is 1.91 bits per heavy atom. The van der Waals surface area contributed by atoms with Gasteiger partial charge in [-0.3, -0.25) is 4.79 Å². The van der Waals surface area contributed by atoms with Crippen molar-refractivity contribution in [3.63, 3.8) is 0 Å². The molecule has 122 valence electrons. The van der Waals surface area contributed by atoms with Gasteiger partial charge in [-0.05, 0) is 37.0 Å². The van der Waals surface area contributed by atoms with Crippen molar-refractivity contribution in [1.82, 2.24) is 10.2 Å². The van der Waals surface area contributed by atoms with Crippen LogP contribution in [0.4, 0.5) is 4.79 Å². The molecule has 2 rings (SSSR count). The maximum atomic E-state index is 12.6. The molecule has 0 spiro atoms. The average Bonchev–Trinajstić information content (AvgIpc) is 2.52. The van der Waals surface area contributed by atoms with Crippen molar-refractivity contribution in [2.24, 2.45) is 11.5 Å². The zero-order valence-electron chi connectivity index (χ0n) is 12.5. The van der Waals surface area contributed by atoms with Crippen LogP contribution in [0, 0.1) is 0 Å². The summed E-state index contributed by atoms with van der Waals surface area (Å²) in [6.45, 7) is 1.58. The summed E-state index contributed by atoms with van der Waals surface area (Å²) in [7, 11) is 0. The molecule has 3 amide bonds. The third kappa shape index (κ3) is 4.61. The third-order valence-corrected chi connectivity index (χ3v) is 3.84. The van der Waals surface area contributed by atoms with E-state index in [-0.39, 0.29) is 24.4 Å². The second-order valence-electron chi connectivity index (χ2n) is 5.29. The molecule has 1 unspecified atom stereocenters. The number of nitrogens with two attached hydrogens (primary N) is 2. The summed E-state index contributed by atoms with van der Waals surface area (Å²) in [6, 6.07) is 6.80. The highest BCUT2D eigenvalue weighted by Crippen LogP contribution is 2.19. The maximum Gasteiger partial charge on any atom is 0.312 e. The molecule has 1 fully saturated rings. The van der Waals surface area contributed by atoms with Crippen LogP contribution in [0.3, 0.4) is 0 Å². The van der Waals surface area contributed by atoms with Gasteiger partial charge in [0.15, 0.2) is 0 Å². The van der Waals surface area contributed by atoms with Gasteiger partial charge in [0.05, 0.1) is 0 Å². The van der Waals surface area contributed by atoms with Crippen molar-refractivity contribution in [1.29, 1.82) is 0 Å². The molecule has 1 aromatic carbocycles. The first-order valence-electron chi connectivity index (χ1n) is 7.25. The highest BCUT2D eigenvalue weighted by atomic mass is 35.5. The Morgan fingerprint density at radius 3 is 2.50 bits per heavy atom. The molecule has 6 nitrogen and oxygen atoms in total. The summed E-state index contributed by atoms with van der Waals surface area (Å²) in [5, 5.41) is 2.60. The Morgan fingerprint density at radius 1 is 1.23 bits per heavy atom. The van der Waals surface area contributed by atoms with Crippen LogP contribution in [-0.2, 0) is 6.54 Å². The molecule has 1 heterocycles. The van der Waals surface area contributed by atoms with E-state index in [2.05, 4.69) is 5.32 Å². The minimum atomic E-state index is -0.555. The molecule has 1 aromatic rings. The molecule has 5 N–H and O–H groups in total. The van der Waals surface area contributed by atoms with E-state index in [0.717, 1.165) is 24.8 Å². The Labute approximate surface area is 136 Å². The number of likely N-dealkylation sites (tertiary alicyclic amines) is 1. The predicted octanol–water partition coefficient (Wildman–Crippen LogP) is 1.23. The van der Waals surface area contributed by atoms with Crippen LogP contribution in [0.5, 0.6) is 0 Å². The van der Waals surface area contributed by atoms with E-state index in [9.17, 15) is 9.59 Å². The lowest BCUT2D eigenvalue weighted by molar-refractivity contribution is 0.0615. The lowest BCUT2D eigenvalue weighted by Crippen LogP contribution is -2.50. The SMILES string of the molecule is Cl.NCc1ccc(C(=O)N2CCCCC2CNC(N)=O)cc1. The van der Waals surface area contributed by atoms with Gasteiger partial charge in [0.25, 0.3) is 5.91 Å². The van der Waals surface area contributed by atoms with E-state index in [1.54, 1.807) is 12.1 Å². The Balaban J connectivity index is 0.00000242. The van der Waals surface area contributed by atoms with E-state index in [4.69, 9.17) is 11.5 Å². The summed E-state index contributed by atoms with van der Waals surface area (Å²) in [6.07, 6.45) is 2.92. The zero-order valence-corrected chi connectivity index (χ0v) is 13.3. The van der Waals surface area contributed by atoms with Crippen molar-refractivity contribution >= 4 is 24.3 Å². The molecule has 0 saturated carbocycles. The van der Waals surface area contributed by atoms with Crippen LogP contribution in [0.15, 0.2) is 24.3 Å². The maximum absolute atomic E-state index is 12.6. The van der Waals surface area contributed by atoms with Gasteiger partial charge in [-0.15, -0.1) is 12.4 Å². The van der Waals surface area contributed by atoms with Crippen molar-refractivity contribution in [2.45, 2.75) is 31.8 Å². The Kier molecular flexibility index (Phi) is 7.14. The standard InChI is InChI=1S/C15H22N4O2.ClH/c16-9-11-4-6-12(7-5-11)14(20)19-8-2-1-3-13(19)10-18-15(17)21;/h4-7,13H,1-3,8-10,16H2,(H3,17,18,21);1H. The van der Waals surface area contributed by atoms with E-state index in [1.807, 2.05) is 17.0 Å². The van der Waals surface area contributed by atoms with Crippen LogP contribution in [0.25, 0.3) is 0 Å². The molecular weight excluding hydrogens is 304 g/mol. The molecule has 22 heavy (non-hydrogen) atoms. The number of rotatable bonds is 4. The number of carbonyl (C=O) groups is 2. The van der Waals surface area contributed by atoms with Gasteiger partial charge >= 0.3 is 6.03 Å². The monoisotopic (exact) mass is 326 g/mol. The summed E-state index contributed by atoms with van der Waals surface area (Å²) in [5.41, 5.74) is 12.3. The van der Waals surface area contributed by atoms with Gasteiger partial charge in [0.1, 0.15) is 0 Å². The van der Waals surface area contributed by atoms with Gasteiger partial charge in [0, 0.05) is 31.2 Å². The molecule has 1 saturated heterocycles. The number of nitrogens with one attached hydrogen (secondary N) is 1. The van der Waals surface area contributed by atoms with Gasteiger partial charge in [-0.25, -0.2) is 4.79 Å². The summed E-state index contributed by atoms with van der Waals surface area (Å²) >= 11 is 0. The number of amides is 3. The van der Waals surface area contributed by atoms with Crippen LogP contribution in [-0.4, -0.2) is 36.0 Å². The second-order valence-corrected chi connectivity index (χ2v) is 5.29. The Hall–Kier alpha value is -1.79. The summed E-state index contributed by atoms with van der Waals surface area (Å²) in [4.78, 5) is 25.3. The van der Waals surface area contributed by atoms with E-state index in [1.165, 1.54) is 0 Å². The first-order valence-corrected chi connectivity index (χ1v) is 7.25. The molecule has 1 aliphatic rings. The number of benzene rings is 1. The zero-order chi connectivity index (χ0) is 15.2. The first kappa shape index (κ1) is 18.3. The van der Waals surface area contributed by atoms with Crippen molar-refractivity contribution in [3.8, 4) is 0 Å². The number of carbonyl (C=O) groups excluding carboxylic acids is 2. The van der Waals surface area contributed by atoms with Crippen molar-refractivity contribution in [2.75, 3.05) is 13.1 Å².